The van der Waals surface area contributed by atoms with Crippen LogP contribution in [-0.2, 0) is 9.84 Å². The van der Waals surface area contributed by atoms with Crippen LogP contribution in [-0.4, -0.2) is 62.6 Å². The summed E-state index contributed by atoms with van der Waals surface area (Å²) in [5, 5.41) is 3.40. The molecule has 1 heterocycles. The van der Waals surface area contributed by atoms with E-state index in [0.717, 1.165) is 6.26 Å². The summed E-state index contributed by atoms with van der Waals surface area (Å²) in [4.78, 5) is 28.7. The Bertz CT molecular complexity index is 1010. The third kappa shape index (κ3) is 5.27. The Morgan fingerprint density at radius 2 is 1.55 bits per heavy atom. The number of urea groups is 1. The summed E-state index contributed by atoms with van der Waals surface area (Å²) in [5.41, 5.74) is 0.799. The zero-order valence-electron chi connectivity index (χ0n) is 16.0. The van der Waals surface area contributed by atoms with Crippen LogP contribution in [0.15, 0.2) is 53.4 Å². The Hall–Kier alpha value is -2.58. The fraction of sp³-hybridized carbons (Fsp3) is 0.300. The average molecular weight is 436 g/mol. The second kappa shape index (κ2) is 8.84. The van der Waals surface area contributed by atoms with Crippen molar-refractivity contribution in [2.75, 3.05) is 37.8 Å². The summed E-state index contributed by atoms with van der Waals surface area (Å²) in [5.74, 6) is -0.342. The first-order valence-corrected chi connectivity index (χ1v) is 11.4. The summed E-state index contributed by atoms with van der Waals surface area (Å²) in [7, 11) is -3.52. The second-order valence-corrected chi connectivity index (χ2v) is 9.26. The van der Waals surface area contributed by atoms with Crippen LogP contribution >= 0.6 is 11.6 Å². The van der Waals surface area contributed by atoms with E-state index < -0.39 is 9.84 Å². The lowest BCUT2D eigenvalue weighted by Gasteiger charge is -2.23. The van der Waals surface area contributed by atoms with E-state index in [4.69, 9.17) is 11.6 Å². The van der Waals surface area contributed by atoms with Gasteiger partial charge in [0.2, 0.25) is 0 Å². The minimum atomic E-state index is -3.52. The monoisotopic (exact) mass is 435 g/mol. The van der Waals surface area contributed by atoms with Crippen molar-refractivity contribution in [3.8, 4) is 0 Å². The largest absolute Gasteiger partial charge is 0.337 e. The molecule has 29 heavy (non-hydrogen) atoms. The van der Waals surface area contributed by atoms with E-state index in [9.17, 15) is 18.0 Å². The molecule has 3 rings (SSSR count). The van der Waals surface area contributed by atoms with Crippen molar-refractivity contribution in [1.82, 2.24) is 9.80 Å². The maximum Gasteiger partial charge on any atom is 0.321 e. The highest BCUT2D eigenvalue weighted by Gasteiger charge is 2.26. The van der Waals surface area contributed by atoms with Gasteiger partial charge in [0, 0.05) is 43.1 Å². The minimum absolute atomic E-state index is 0.0200. The van der Waals surface area contributed by atoms with Crippen molar-refractivity contribution in [1.29, 1.82) is 0 Å². The van der Waals surface area contributed by atoms with E-state index in [1.165, 1.54) is 12.1 Å². The second-order valence-electron chi connectivity index (χ2n) is 6.84. The van der Waals surface area contributed by atoms with Crippen LogP contribution in [0, 0.1) is 0 Å². The van der Waals surface area contributed by atoms with Crippen LogP contribution in [0.3, 0.4) is 0 Å². The number of rotatable bonds is 3. The molecule has 3 amide bonds. The topological polar surface area (TPSA) is 86.8 Å². The molecule has 1 fully saturated rings. The van der Waals surface area contributed by atoms with Gasteiger partial charge >= 0.3 is 6.03 Å². The highest BCUT2D eigenvalue weighted by atomic mass is 35.5. The molecule has 2 aromatic rings. The molecule has 1 aliphatic rings. The lowest BCUT2D eigenvalue weighted by Crippen LogP contribution is -2.39. The van der Waals surface area contributed by atoms with Gasteiger partial charge in [-0.15, -0.1) is 0 Å². The third-order valence-electron chi connectivity index (χ3n) is 4.68. The maximum absolute atomic E-state index is 12.9. The molecule has 0 spiro atoms. The number of hydrogen-bond acceptors (Lipinski definition) is 4. The van der Waals surface area contributed by atoms with E-state index in [-0.39, 0.29) is 22.4 Å². The van der Waals surface area contributed by atoms with Crippen molar-refractivity contribution in [3.63, 3.8) is 0 Å². The number of benzene rings is 2. The fourth-order valence-corrected chi connectivity index (χ4v) is 4.20. The van der Waals surface area contributed by atoms with Crippen molar-refractivity contribution in [2.45, 2.75) is 11.3 Å². The Kier molecular flexibility index (Phi) is 6.44. The molecule has 9 heteroatoms. The lowest BCUT2D eigenvalue weighted by atomic mass is 10.2. The molecule has 0 bridgehead atoms. The van der Waals surface area contributed by atoms with Crippen LogP contribution in [0.5, 0.6) is 0 Å². The number of hydrogen-bond donors (Lipinski definition) is 1. The molecule has 154 valence electrons. The molecule has 0 aliphatic carbocycles. The van der Waals surface area contributed by atoms with Crippen LogP contribution in [0.2, 0.25) is 5.02 Å². The van der Waals surface area contributed by atoms with Crippen molar-refractivity contribution >= 4 is 39.1 Å². The molecular formula is C20H22ClN3O4S. The summed E-state index contributed by atoms with van der Waals surface area (Å²) in [6.07, 6.45) is 1.69. The van der Waals surface area contributed by atoms with E-state index in [2.05, 4.69) is 5.32 Å². The standard InChI is InChI=1S/C20H22ClN3O4S/c1-29(27,28)18-6-3-2-5-17(18)19(25)23-11-4-12-24(14-13-23)20(26)22-16-9-7-15(21)8-10-16/h2-3,5-10H,4,11-14H2,1H3,(H,22,26). The van der Waals surface area contributed by atoms with Crippen molar-refractivity contribution < 1.29 is 18.0 Å². The van der Waals surface area contributed by atoms with E-state index in [1.807, 2.05) is 0 Å². The highest BCUT2D eigenvalue weighted by molar-refractivity contribution is 7.90. The molecule has 7 nitrogen and oxygen atoms in total. The van der Waals surface area contributed by atoms with Gasteiger partial charge in [-0.05, 0) is 42.8 Å². The van der Waals surface area contributed by atoms with Crippen LogP contribution in [0.25, 0.3) is 0 Å². The van der Waals surface area contributed by atoms with Gasteiger partial charge in [0.25, 0.3) is 5.91 Å². The van der Waals surface area contributed by atoms with Gasteiger partial charge in [0.1, 0.15) is 0 Å². The summed E-state index contributed by atoms with van der Waals surface area (Å²) in [6.45, 7) is 1.62. The number of nitrogens with one attached hydrogen (secondary N) is 1. The smallest absolute Gasteiger partial charge is 0.321 e. The fourth-order valence-electron chi connectivity index (χ4n) is 3.20. The molecule has 0 radical (unpaired) electrons. The Balaban J connectivity index is 1.68. The Morgan fingerprint density at radius 1 is 0.931 bits per heavy atom. The number of halogens is 1. The van der Waals surface area contributed by atoms with E-state index in [0.29, 0.717) is 43.3 Å². The molecular weight excluding hydrogens is 414 g/mol. The number of nitrogens with zero attached hydrogens (tertiary/aromatic N) is 2. The lowest BCUT2D eigenvalue weighted by molar-refractivity contribution is 0.0759. The Labute approximate surface area is 175 Å². The molecule has 0 aromatic heterocycles. The third-order valence-corrected chi connectivity index (χ3v) is 6.09. The first kappa shape index (κ1) is 21.1. The number of carbonyl (C=O) groups is 2. The molecule has 0 atom stereocenters. The SMILES string of the molecule is CS(=O)(=O)c1ccccc1C(=O)N1CCCN(C(=O)Nc2ccc(Cl)cc2)CC1. The highest BCUT2D eigenvalue weighted by Crippen LogP contribution is 2.19. The Morgan fingerprint density at radius 3 is 2.24 bits per heavy atom. The average Bonchev–Trinajstić information content (AvgIpc) is 2.95. The van der Waals surface area contributed by atoms with E-state index >= 15 is 0 Å². The van der Waals surface area contributed by atoms with Crippen molar-refractivity contribution in [2.24, 2.45) is 0 Å². The summed E-state index contributed by atoms with van der Waals surface area (Å²) >= 11 is 5.86. The van der Waals surface area contributed by atoms with Gasteiger partial charge in [-0.2, -0.15) is 0 Å². The van der Waals surface area contributed by atoms with Gasteiger partial charge in [-0.1, -0.05) is 23.7 Å². The maximum atomic E-state index is 12.9. The van der Waals surface area contributed by atoms with Crippen LogP contribution < -0.4 is 5.32 Å². The van der Waals surface area contributed by atoms with Gasteiger partial charge in [0.15, 0.2) is 9.84 Å². The van der Waals surface area contributed by atoms with Crippen LogP contribution in [0.4, 0.5) is 10.5 Å². The first-order valence-electron chi connectivity index (χ1n) is 9.15. The molecule has 1 N–H and O–H groups in total. The molecule has 1 saturated heterocycles. The summed E-state index contributed by atoms with van der Waals surface area (Å²) in [6, 6.07) is 12.8. The molecule has 2 aromatic carbocycles. The van der Waals surface area contributed by atoms with E-state index in [1.54, 1.807) is 46.2 Å². The molecule has 0 saturated carbocycles. The predicted molar refractivity (Wildman–Crippen MR) is 112 cm³/mol. The quantitative estimate of drug-likeness (QED) is 0.802. The summed E-state index contributed by atoms with van der Waals surface area (Å²) < 4.78 is 24.0. The first-order chi connectivity index (χ1) is 13.8. The number of anilines is 1. The van der Waals surface area contributed by atoms with Crippen LogP contribution in [0.1, 0.15) is 16.8 Å². The molecule has 0 unspecified atom stereocenters. The normalized spacial score (nSPS) is 15.0. The van der Waals surface area contributed by atoms with Gasteiger partial charge < -0.3 is 15.1 Å². The van der Waals surface area contributed by atoms with Crippen molar-refractivity contribution in [3.05, 3.63) is 59.1 Å². The van der Waals surface area contributed by atoms with Gasteiger partial charge in [-0.3, -0.25) is 4.79 Å². The minimum Gasteiger partial charge on any atom is -0.337 e. The van der Waals surface area contributed by atoms with Gasteiger partial charge in [0.05, 0.1) is 10.5 Å². The zero-order chi connectivity index (χ0) is 21.0. The zero-order valence-corrected chi connectivity index (χ0v) is 17.5. The number of amides is 3. The van der Waals surface area contributed by atoms with Gasteiger partial charge in [-0.25, -0.2) is 13.2 Å². The number of sulfone groups is 1. The predicted octanol–water partition coefficient (Wildman–Crippen LogP) is 3.12. The molecule has 1 aliphatic heterocycles. The number of carbonyl (C=O) groups excluding carboxylic acids is 2.